The van der Waals surface area contributed by atoms with Gasteiger partial charge in [0.1, 0.15) is 5.82 Å². The summed E-state index contributed by atoms with van der Waals surface area (Å²) in [4.78, 5) is 24.7. The molecule has 1 heterocycles. The van der Waals surface area contributed by atoms with Gasteiger partial charge in [0, 0.05) is 19.0 Å². The van der Waals surface area contributed by atoms with Gasteiger partial charge in [-0.05, 0) is 22.0 Å². The molecule has 7 heteroatoms. The second-order valence-electron chi connectivity index (χ2n) is 4.25. The zero-order valence-electron chi connectivity index (χ0n) is 10.2. The number of carbonyl (C=O) groups is 2. The lowest BCUT2D eigenvalue weighted by Crippen LogP contribution is -2.27. The molecule has 1 aromatic rings. The molecule has 2 rings (SSSR count). The van der Waals surface area contributed by atoms with E-state index < -0.39 is 17.7 Å². The lowest BCUT2D eigenvalue weighted by molar-refractivity contribution is -0.145. The van der Waals surface area contributed by atoms with Crippen molar-refractivity contribution in [3.63, 3.8) is 0 Å². The Morgan fingerprint density at radius 2 is 2.26 bits per heavy atom. The van der Waals surface area contributed by atoms with E-state index in [0.29, 0.717) is 5.69 Å². The lowest BCUT2D eigenvalue weighted by Gasteiger charge is -2.19. The number of hydrogen-bond acceptors (Lipinski definition) is 4. The van der Waals surface area contributed by atoms with Crippen LogP contribution in [0, 0.1) is 11.7 Å². The van der Waals surface area contributed by atoms with Crippen molar-refractivity contribution in [1.29, 1.82) is 0 Å². The summed E-state index contributed by atoms with van der Waals surface area (Å²) in [6.07, 6.45) is 0.0705. The number of benzene rings is 1. The molecule has 1 fully saturated rings. The predicted octanol–water partition coefficient (Wildman–Crippen LogP) is 1.70. The molecule has 0 aliphatic carbocycles. The molecule has 1 amide bonds. The molecule has 19 heavy (non-hydrogen) atoms. The van der Waals surface area contributed by atoms with Gasteiger partial charge in [-0.15, -0.1) is 0 Å². The van der Waals surface area contributed by atoms with E-state index in [9.17, 15) is 14.0 Å². The van der Waals surface area contributed by atoms with Gasteiger partial charge in [-0.3, -0.25) is 9.59 Å². The summed E-state index contributed by atoms with van der Waals surface area (Å²) in [5.41, 5.74) is 6.26. The second kappa shape index (κ2) is 5.16. The van der Waals surface area contributed by atoms with Gasteiger partial charge in [-0.1, -0.05) is 0 Å². The van der Waals surface area contributed by atoms with Gasteiger partial charge in [0.05, 0.1) is 28.9 Å². The molecule has 1 aliphatic heterocycles. The highest BCUT2D eigenvalue weighted by Gasteiger charge is 2.36. The molecule has 0 bridgehead atoms. The summed E-state index contributed by atoms with van der Waals surface area (Å²) in [7, 11) is 1.28. The smallest absolute Gasteiger partial charge is 0.311 e. The van der Waals surface area contributed by atoms with Crippen LogP contribution in [-0.4, -0.2) is 25.5 Å². The Morgan fingerprint density at radius 3 is 2.89 bits per heavy atom. The number of anilines is 2. The molecule has 0 saturated carbocycles. The van der Waals surface area contributed by atoms with Crippen LogP contribution in [0.2, 0.25) is 0 Å². The minimum Gasteiger partial charge on any atom is -0.469 e. The van der Waals surface area contributed by atoms with Crippen molar-refractivity contribution < 1.29 is 18.7 Å². The van der Waals surface area contributed by atoms with Crippen molar-refractivity contribution in [3.8, 4) is 0 Å². The number of halogens is 2. The normalized spacial score (nSPS) is 18.8. The molecule has 1 unspecified atom stereocenters. The monoisotopic (exact) mass is 330 g/mol. The maximum absolute atomic E-state index is 13.3. The minimum atomic E-state index is -0.513. The number of nitrogens with zero attached hydrogens (tertiary/aromatic N) is 1. The number of amides is 1. The van der Waals surface area contributed by atoms with Crippen molar-refractivity contribution >= 4 is 39.2 Å². The SMILES string of the molecule is COC(=O)C1CC(=O)N(c2cc(Br)c(F)cc2N)C1. The van der Waals surface area contributed by atoms with E-state index in [1.54, 1.807) is 0 Å². The zero-order valence-corrected chi connectivity index (χ0v) is 11.7. The van der Waals surface area contributed by atoms with Crippen LogP contribution in [0.25, 0.3) is 0 Å². The van der Waals surface area contributed by atoms with E-state index in [4.69, 9.17) is 5.73 Å². The molecule has 2 N–H and O–H groups in total. The predicted molar refractivity (Wildman–Crippen MR) is 71.0 cm³/mol. The third-order valence-corrected chi connectivity index (χ3v) is 3.63. The van der Waals surface area contributed by atoms with E-state index in [0.717, 1.165) is 6.07 Å². The molecule has 1 aliphatic rings. The first-order valence-electron chi connectivity index (χ1n) is 5.56. The first-order valence-corrected chi connectivity index (χ1v) is 6.36. The molecule has 0 spiro atoms. The number of rotatable bonds is 2. The fourth-order valence-electron chi connectivity index (χ4n) is 2.05. The van der Waals surface area contributed by atoms with E-state index in [-0.39, 0.29) is 29.0 Å². The first-order chi connectivity index (χ1) is 8.93. The molecule has 1 aromatic carbocycles. The van der Waals surface area contributed by atoms with Crippen LogP contribution >= 0.6 is 15.9 Å². The average molecular weight is 331 g/mol. The van der Waals surface area contributed by atoms with Crippen molar-refractivity contribution in [1.82, 2.24) is 0 Å². The van der Waals surface area contributed by atoms with Crippen LogP contribution in [0.1, 0.15) is 6.42 Å². The number of hydrogen-bond donors (Lipinski definition) is 1. The molecule has 5 nitrogen and oxygen atoms in total. The van der Waals surface area contributed by atoms with Crippen molar-refractivity contribution in [2.24, 2.45) is 5.92 Å². The third-order valence-electron chi connectivity index (χ3n) is 3.02. The summed E-state index contributed by atoms with van der Waals surface area (Å²) in [6, 6.07) is 2.57. The Labute approximate surface area is 117 Å². The van der Waals surface area contributed by atoms with Crippen molar-refractivity contribution in [2.45, 2.75) is 6.42 Å². The van der Waals surface area contributed by atoms with E-state index in [2.05, 4.69) is 20.7 Å². The zero-order chi connectivity index (χ0) is 14.2. The van der Waals surface area contributed by atoms with Gasteiger partial charge < -0.3 is 15.4 Å². The minimum absolute atomic E-state index is 0.0705. The molecule has 102 valence electrons. The van der Waals surface area contributed by atoms with Crippen LogP contribution < -0.4 is 10.6 Å². The number of methoxy groups -OCH3 is 1. The van der Waals surface area contributed by atoms with Gasteiger partial charge in [0.25, 0.3) is 0 Å². The molecule has 1 saturated heterocycles. The maximum atomic E-state index is 13.3. The highest BCUT2D eigenvalue weighted by Crippen LogP contribution is 2.33. The largest absolute Gasteiger partial charge is 0.469 e. The fraction of sp³-hybridized carbons (Fsp3) is 0.333. The number of esters is 1. The Balaban J connectivity index is 2.30. The van der Waals surface area contributed by atoms with E-state index >= 15 is 0 Å². The Morgan fingerprint density at radius 1 is 1.58 bits per heavy atom. The summed E-state index contributed by atoms with van der Waals surface area (Å²) in [5.74, 6) is -1.69. The van der Waals surface area contributed by atoms with Gasteiger partial charge in [0.2, 0.25) is 5.91 Å². The van der Waals surface area contributed by atoms with E-state index in [1.807, 2.05) is 0 Å². The molecule has 0 aromatic heterocycles. The molecular weight excluding hydrogens is 319 g/mol. The lowest BCUT2D eigenvalue weighted by atomic mass is 10.1. The van der Waals surface area contributed by atoms with Crippen LogP contribution in [-0.2, 0) is 14.3 Å². The Kier molecular flexibility index (Phi) is 3.75. The quantitative estimate of drug-likeness (QED) is 0.661. The van der Waals surface area contributed by atoms with Gasteiger partial charge in [-0.2, -0.15) is 0 Å². The molecular formula is C12H12BrFN2O3. The van der Waals surface area contributed by atoms with Gasteiger partial charge in [-0.25, -0.2) is 4.39 Å². The van der Waals surface area contributed by atoms with Crippen molar-refractivity contribution in [3.05, 3.63) is 22.4 Å². The number of carbonyl (C=O) groups excluding carboxylic acids is 2. The Bertz CT molecular complexity index is 550. The van der Waals surface area contributed by atoms with Crippen LogP contribution in [0.3, 0.4) is 0 Å². The highest BCUT2D eigenvalue weighted by molar-refractivity contribution is 9.10. The number of nitrogen functional groups attached to an aromatic ring is 1. The average Bonchev–Trinajstić information content (AvgIpc) is 2.75. The van der Waals surface area contributed by atoms with Crippen LogP contribution in [0.4, 0.5) is 15.8 Å². The second-order valence-corrected chi connectivity index (χ2v) is 5.11. The molecule has 1 atom stereocenters. The number of ether oxygens (including phenoxy) is 1. The molecule has 0 radical (unpaired) electrons. The Hall–Kier alpha value is -1.63. The standard InChI is InChI=1S/C12H12BrFN2O3/c1-19-12(18)6-2-11(17)16(5-6)10-3-7(13)8(14)4-9(10)15/h3-4,6H,2,5,15H2,1H3. The maximum Gasteiger partial charge on any atom is 0.311 e. The third kappa shape index (κ3) is 2.56. The summed E-state index contributed by atoms with van der Waals surface area (Å²) in [6.45, 7) is 0.188. The number of nitrogens with two attached hydrogens (primary N) is 1. The van der Waals surface area contributed by atoms with Crippen LogP contribution in [0.5, 0.6) is 0 Å². The topological polar surface area (TPSA) is 72.6 Å². The summed E-state index contributed by atoms with van der Waals surface area (Å²) >= 11 is 3.04. The summed E-state index contributed by atoms with van der Waals surface area (Å²) < 4.78 is 18.1. The highest BCUT2D eigenvalue weighted by atomic mass is 79.9. The van der Waals surface area contributed by atoms with Crippen molar-refractivity contribution in [2.75, 3.05) is 24.3 Å². The van der Waals surface area contributed by atoms with Gasteiger partial charge >= 0.3 is 5.97 Å². The summed E-state index contributed by atoms with van der Waals surface area (Å²) in [5, 5.41) is 0. The fourth-order valence-corrected chi connectivity index (χ4v) is 2.38. The van der Waals surface area contributed by atoms with E-state index in [1.165, 1.54) is 18.1 Å². The first kappa shape index (κ1) is 13.8. The van der Waals surface area contributed by atoms with Crippen LogP contribution in [0.15, 0.2) is 16.6 Å². The van der Waals surface area contributed by atoms with Gasteiger partial charge in [0.15, 0.2) is 0 Å².